The van der Waals surface area contributed by atoms with Crippen molar-refractivity contribution in [3.8, 4) is 45.6 Å². The molecule has 9 rings (SSSR count). The van der Waals surface area contributed by atoms with Crippen LogP contribution >= 0.6 is 0 Å². The fourth-order valence-corrected chi connectivity index (χ4v) is 5.46. The summed E-state index contributed by atoms with van der Waals surface area (Å²) in [6.45, 7) is 0. The van der Waals surface area contributed by atoms with Crippen LogP contribution in [0.5, 0.6) is 0 Å². The Morgan fingerprint density at radius 2 is 0.561 bits per heavy atom. The molecule has 0 unspecified atom stereocenters. The zero-order valence-electron chi connectivity index (χ0n) is 21.3. The Kier molecular flexibility index (Phi) is 5.23. The maximum Gasteiger partial charge on any atom is 2.00 e. The van der Waals surface area contributed by atoms with Crippen LogP contribution in [0.3, 0.4) is 0 Å². The summed E-state index contributed by atoms with van der Waals surface area (Å²) in [6.07, 6.45) is 0. The van der Waals surface area contributed by atoms with Crippen molar-refractivity contribution in [1.29, 1.82) is 0 Å². The molecule has 189 valence electrons. The molecule has 0 amide bonds. The van der Waals surface area contributed by atoms with Gasteiger partial charge in [0.15, 0.2) is 0 Å². The van der Waals surface area contributed by atoms with E-state index in [-0.39, 0.29) is 22.4 Å². The van der Waals surface area contributed by atoms with Gasteiger partial charge in [-0.1, -0.05) is 97.1 Å². The molecule has 0 atom stereocenters. The smallest absolute Gasteiger partial charge is 0.357 e. The summed E-state index contributed by atoms with van der Waals surface area (Å²) in [6, 6.07) is 31.8. The second-order valence-corrected chi connectivity index (χ2v) is 9.67. The van der Waals surface area contributed by atoms with E-state index >= 15 is 0 Å². The normalized spacial score (nSPS) is 11.7. The number of hydrogen-bond donors (Lipinski definition) is 0. The molecule has 0 fully saturated rings. The van der Waals surface area contributed by atoms with Gasteiger partial charge in [0.1, 0.15) is 0 Å². The van der Waals surface area contributed by atoms with Crippen molar-refractivity contribution < 1.29 is 22.4 Å². The van der Waals surface area contributed by atoms with Crippen molar-refractivity contribution in [3.05, 3.63) is 97.1 Å². The molecular weight excluding hydrogens is 677 g/mol. The first-order valence-electron chi connectivity index (χ1n) is 12.9. The first-order chi connectivity index (χ1) is 19.8. The molecule has 2 aliphatic rings. The molecule has 3 aromatic heterocycles. The summed E-state index contributed by atoms with van der Waals surface area (Å²) in [5.41, 5.74) is 5.78. The van der Waals surface area contributed by atoms with Gasteiger partial charge in [0.05, 0.1) is 23.3 Å². The average Bonchev–Trinajstić information content (AvgIpc) is 3.73. The maximum atomic E-state index is 4.95. The summed E-state index contributed by atoms with van der Waals surface area (Å²) in [4.78, 5) is 39.3. The van der Waals surface area contributed by atoms with Crippen molar-refractivity contribution in [2.75, 3.05) is 0 Å². The zero-order valence-corrected chi connectivity index (χ0v) is 24.5. The number of nitrogens with zero attached hydrogens (tertiary/aromatic N) is 8. The van der Waals surface area contributed by atoms with Crippen LogP contribution in [0.15, 0.2) is 97.1 Å². The van der Waals surface area contributed by atoms with Crippen molar-refractivity contribution >= 4 is 44.1 Å². The largest absolute Gasteiger partial charge is 2.00 e. The van der Waals surface area contributed by atoms with E-state index in [1.165, 1.54) is 0 Å². The molecule has 1 radical (unpaired) electrons. The average molecular weight is 693 g/mol. The van der Waals surface area contributed by atoms with Crippen molar-refractivity contribution in [1.82, 2.24) is 39.9 Å². The van der Waals surface area contributed by atoms with E-state index in [2.05, 4.69) is 0 Å². The first-order valence-corrected chi connectivity index (χ1v) is 12.9. The van der Waals surface area contributed by atoms with Crippen LogP contribution < -0.4 is 9.97 Å². The Hall–Kier alpha value is -5.02. The molecule has 0 N–H and O–H groups in total. The minimum absolute atomic E-state index is 0. The number of benzene rings is 4. The van der Waals surface area contributed by atoms with Gasteiger partial charge in [-0.15, -0.1) is 0 Å². The molecule has 4 aromatic carbocycles. The van der Waals surface area contributed by atoms with Crippen LogP contribution in [0.1, 0.15) is 0 Å². The van der Waals surface area contributed by atoms with Crippen LogP contribution in [0.4, 0.5) is 0 Å². The molecule has 7 aromatic rings. The summed E-state index contributed by atoms with van der Waals surface area (Å²) in [5.74, 6) is 2.21. The minimum Gasteiger partial charge on any atom is -0.357 e. The molecule has 2 aliphatic heterocycles. The standard InChI is InChI=1S/C32H16N8.Ta/c1-2-10-18-17(9-1)25-33-26(18)38-28-21-13-5-6-14-22(21)30(35-28)40-32-24-16-8-7-15-23(24)31(36-32)39-29-20-12-4-3-11-19(20)27(34-29)37-25;/h1-16H;/q-2;+2. The Bertz CT molecular complexity index is 2030. The molecule has 9 heteroatoms. The molecule has 5 heterocycles. The van der Waals surface area contributed by atoms with Crippen LogP contribution in [0.2, 0.25) is 0 Å². The van der Waals surface area contributed by atoms with Gasteiger partial charge in [-0.3, -0.25) is 0 Å². The number of aromatic nitrogens is 8. The molecule has 0 saturated carbocycles. The van der Waals surface area contributed by atoms with E-state index < -0.39 is 0 Å². The number of hydrogen-bond acceptors (Lipinski definition) is 6. The van der Waals surface area contributed by atoms with E-state index in [0.29, 0.717) is 45.9 Å². The molecule has 8 bridgehead atoms. The van der Waals surface area contributed by atoms with Crippen molar-refractivity contribution in [2.24, 2.45) is 0 Å². The fraction of sp³-hybridized carbons (Fsp3) is 0. The predicted molar refractivity (Wildman–Crippen MR) is 154 cm³/mol. The maximum absolute atomic E-state index is 4.95. The van der Waals surface area contributed by atoms with E-state index in [1.54, 1.807) is 0 Å². The number of fused-ring (bicyclic) bond motifs is 20. The van der Waals surface area contributed by atoms with Gasteiger partial charge in [-0.2, -0.15) is 0 Å². The fourth-order valence-electron chi connectivity index (χ4n) is 5.46. The third kappa shape index (κ3) is 3.59. The molecule has 8 nitrogen and oxygen atoms in total. The van der Waals surface area contributed by atoms with Crippen LogP contribution in [0.25, 0.3) is 89.7 Å². The first kappa shape index (κ1) is 23.8. The SMILES string of the molecule is [Ta+2].c1ccc2c(c1)-c1nc-2nc2[n-]c(nc3nc(nc4[n-]c(n1)c1ccccc41)-c1ccccc1-3)c1ccccc21. The van der Waals surface area contributed by atoms with Gasteiger partial charge in [0, 0.05) is 44.8 Å². The molecule has 41 heavy (non-hydrogen) atoms. The van der Waals surface area contributed by atoms with Gasteiger partial charge in [-0.05, 0) is 21.5 Å². The van der Waals surface area contributed by atoms with Gasteiger partial charge in [0.25, 0.3) is 0 Å². The van der Waals surface area contributed by atoms with Crippen molar-refractivity contribution in [2.45, 2.75) is 0 Å². The molecule has 0 spiro atoms. The van der Waals surface area contributed by atoms with Crippen LogP contribution in [-0.4, -0.2) is 29.9 Å². The zero-order chi connectivity index (χ0) is 26.2. The summed E-state index contributed by atoms with van der Waals surface area (Å²) in [5, 5.41) is 3.57. The Morgan fingerprint density at radius 1 is 0.317 bits per heavy atom. The minimum atomic E-state index is 0. The third-order valence-electron chi connectivity index (χ3n) is 7.33. The molecule has 0 saturated heterocycles. The van der Waals surface area contributed by atoms with Gasteiger partial charge in [0.2, 0.25) is 0 Å². The second kappa shape index (κ2) is 9.00. The van der Waals surface area contributed by atoms with E-state index in [1.807, 2.05) is 97.1 Å². The second-order valence-electron chi connectivity index (χ2n) is 9.67. The Labute approximate surface area is 248 Å². The summed E-state index contributed by atoms with van der Waals surface area (Å²) >= 11 is 0. The van der Waals surface area contributed by atoms with Gasteiger partial charge >= 0.3 is 22.4 Å². The van der Waals surface area contributed by atoms with E-state index in [4.69, 9.17) is 39.9 Å². The summed E-state index contributed by atoms with van der Waals surface area (Å²) in [7, 11) is 0. The number of rotatable bonds is 0. The van der Waals surface area contributed by atoms with Gasteiger partial charge in [-0.25, -0.2) is 9.97 Å². The van der Waals surface area contributed by atoms with E-state index in [9.17, 15) is 0 Å². The third-order valence-corrected chi connectivity index (χ3v) is 7.33. The summed E-state index contributed by atoms with van der Waals surface area (Å²) < 4.78 is 0. The Morgan fingerprint density at radius 3 is 0.829 bits per heavy atom. The molecular formula is C32H16N8Ta. The topological polar surface area (TPSA) is 106 Å². The van der Waals surface area contributed by atoms with E-state index in [0.717, 1.165) is 43.8 Å². The van der Waals surface area contributed by atoms with Crippen LogP contribution in [-0.2, 0) is 22.4 Å². The van der Waals surface area contributed by atoms with Gasteiger partial charge < -0.3 is 29.9 Å². The van der Waals surface area contributed by atoms with Crippen molar-refractivity contribution in [3.63, 3.8) is 0 Å². The Balaban J connectivity index is 0.00000256. The molecule has 0 aliphatic carbocycles. The quantitative estimate of drug-likeness (QED) is 0.187. The monoisotopic (exact) mass is 693 g/mol. The predicted octanol–water partition coefficient (Wildman–Crippen LogP) is 6.12. The van der Waals surface area contributed by atoms with Crippen LogP contribution in [0, 0.1) is 0 Å².